The number of aliphatic carboxylic acids is 1. The molecule has 6 heteroatoms. The summed E-state index contributed by atoms with van der Waals surface area (Å²) in [6, 6.07) is -0.481. The summed E-state index contributed by atoms with van der Waals surface area (Å²) in [5, 5.41) is 24.6. The maximum atomic E-state index is 12.2. The van der Waals surface area contributed by atoms with Crippen molar-refractivity contribution in [2.24, 2.45) is 5.92 Å². The van der Waals surface area contributed by atoms with E-state index >= 15 is 0 Å². The highest BCUT2D eigenvalue weighted by Crippen LogP contribution is 2.34. The van der Waals surface area contributed by atoms with Crippen molar-refractivity contribution in [3.05, 3.63) is 0 Å². The van der Waals surface area contributed by atoms with Gasteiger partial charge in [-0.1, -0.05) is 13.3 Å². The summed E-state index contributed by atoms with van der Waals surface area (Å²) < 4.78 is 0. The first-order chi connectivity index (χ1) is 9.47. The number of rotatable bonds is 4. The van der Waals surface area contributed by atoms with Gasteiger partial charge in [0, 0.05) is 6.54 Å². The summed E-state index contributed by atoms with van der Waals surface area (Å²) in [5.41, 5.74) is -1.13. The van der Waals surface area contributed by atoms with Gasteiger partial charge in [0.15, 0.2) is 0 Å². The quantitative estimate of drug-likeness (QED) is 0.593. The van der Waals surface area contributed by atoms with Crippen LogP contribution >= 0.6 is 0 Å². The third-order valence-electron chi connectivity index (χ3n) is 4.73. The van der Waals surface area contributed by atoms with Crippen LogP contribution in [-0.4, -0.2) is 46.3 Å². The molecule has 1 amide bonds. The van der Waals surface area contributed by atoms with E-state index in [-0.39, 0.29) is 5.91 Å². The highest BCUT2D eigenvalue weighted by molar-refractivity contribution is 5.89. The molecule has 6 nitrogen and oxygen atoms in total. The van der Waals surface area contributed by atoms with E-state index in [1.807, 2.05) is 0 Å². The number of aliphatic hydroxyl groups is 1. The van der Waals surface area contributed by atoms with Crippen LogP contribution in [0.2, 0.25) is 0 Å². The molecule has 0 aromatic carbocycles. The van der Waals surface area contributed by atoms with Crippen LogP contribution in [0.15, 0.2) is 0 Å². The van der Waals surface area contributed by atoms with Gasteiger partial charge in [0.2, 0.25) is 5.91 Å². The zero-order valence-electron chi connectivity index (χ0n) is 11.9. The van der Waals surface area contributed by atoms with Crippen LogP contribution in [0.5, 0.6) is 0 Å². The molecule has 0 radical (unpaired) electrons. The fourth-order valence-corrected chi connectivity index (χ4v) is 3.21. The lowest BCUT2D eigenvalue weighted by molar-refractivity contribution is -0.150. The summed E-state index contributed by atoms with van der Waals surface area (Å²) in [6.07, 6.45) is 3.53. The Kier molecular flexibility index (Phi) is 4.65. The molecular weight excluding hydrogens is 260 g/mol. The molecule has 114 valence electrons. The smallest absolute Gasteiger partial charge is 0.329 e. The molecule has 2 aliphatic rings. The lowest BCUT2D eigenvalue weighted by Crippen LogP contribution is -2.59. The molecule has 1 aliphatic carbocycles. The molecule has 1 saturated carbocycles. The Balaban J connectivity index is 1.99. The molecule has 2 rings (SSSR count). The van der Waals surface area contributed by atoms with Gasteiger partial charge in [-0.05, 0) is 38.0 Å². The van der Waals surface area contributed by atoms with Gasteiger partial charge in [0.05, 0.1) is 12.1 Å². The monoisotopic (exact) mass is 284 g/mol. The molecule has 0 aromatic rings. The number of carboxylic acid groups (broad SMARTS) is 1. The van der Waals surface area contributed by atoms with E-state index < -0.39 is 23.7 Å². The van der Waals surface area contributed by atoms with Crippen molar-refractivity contribution in [2.45, 2.75) is 63.1 Å². The number of β-amino-alcohol motifs (C(OH)–C–C–N with tert-alkyl or cyclic N) is 1. The van der Waals surface area contributed by atoms with Crippen molar-refractivity contribution in [3.8, 4) is 0 Å². The predicted octanol–water partition coefficient (Wildman–Crippen LogP) is 0.249. The number of carbonyl (C=O) groups is 2. The molecule has 1 saturated heterocycles. The van der Waals surface area contributed by atoms with Crippen LogP contribution in [0.3, 0.4) is 0 Å². The summed E-state index contributed by atoms with van der Waals surface area (Å²) in [7, 11) is 0. The Morgan fingerprint density at radius 1 is 1.35 bits per heavy atom. The van der Waals surface area contributed by atoms with Crippen LogP contribution in [0.1, 0.15) is 45.4 Å². The Morgan fingerprint density at radius 2 is 2.00 bits per heavy atom. The molecule has 2 unspecified atom stereocenters. The summed E-state index contributed by atoms with van der Waals surface area (Å²) in [4.78, 5) is 23.8. The minimum absolute atomic E-state index is 0.307. The first-order valence-electron chi connectivity index (χ1n) is 7.43. The molecule has 0 bridgehead atoms. The second-order valence-electron chi connectivity index (χ2n) is 6.08. The zero-order chi connectivity index (χ0) is 14.8. The second kappa shape index (κ2) is 6.10. The Morgan fingerprint density at radius 3 is 2.45 bits per heavy atom. The maximum absolute atomic E-state index is 12.2. The van der Waals surface area contributed by atoms with E-state index in [1.165, 1.54) is 0 Å². The van der Waals surface area contributed by atoms with Crippen LogP contribution in [0.4, 0.5) is 0 Å². The lowest BCUT2D eigenvalue weighted by atomic mass is 9.75. The van der Waals surface area contributed by atoms with Gasteiger partial charge < -0.3 is 20.8 Å². The predicted molar refractivity (Wildman–Crippen MR) is 73.2 cm³/mol. The number of hydrogen-bond donors (Lipinski definition) is 4. The fraction of sp³-hybridized carbons (Fsp3) is 0.857. The van der Waals surface area contributed by atoms with Gasteiger partial charge in [0.25, 0.3) is 0 Å². The molecule has 0 spiro atoms. The molecular formula is C14H24N2O4. The standard InChI is InChI=1S/C14H24N2O4/c1-2-9-3-5-14(6-4-9,13(19)20)16-12(18)11-7-10(17)8-15-11/h9-11,15,17H,2-8H2,1H3,(H,16,18)(H,19,20). The average Bonchev–Trinajstić information content (AvgIpc) is 2.86. The molecule has 2 atom stereocenters. The highest BCUT2D eigenvalue weighted by Gasteiger charge is 2.44. The van der Waals surface area contributed by atoms with E-state index in [1.54, 1.807) is 0 Å². The highest BCUT2D eigenvalue weighted by atomic mass is 16.4. The zero-order valence-corrected chi connectivity index (χ0v) is 11.9. The van der Waals surface area contributed by atoms with Crippen molar-refractivity contribution in [1.82, 2.24) is 10.6 Å². The van der Waals surface area contributed by atoms with Crippen molar-refractivity contribution < 1.29 is 19.8 Å². The number of nitrogens with one attached hydrogen (secondary N) is 2. The van der Waals surface area contributed by atoms with Crippen molar-refractivity contribution >= 4 is 11.9 Å². The van der Waals surface area contributed by atoms with Crippen LogP contribution in [-0.2, 0) is 9.59 Å². The van der Waals surface area contributed by atoms with Crippen LogP contribution in [0, 0.1) is 5.92 Å². The van der Waals surface area contributed by atoms with E-state index in [0.717, 1.165) is 19.3 Å². The Labute approximate surface area is 118 Å². The van der Waals surface area contributed by atoms with Crippen molar-refractivity contribution in [2.75, 3.05) is 6.54 Å². The van der Waals surface area contributed by atoms with Gasteiger partial charge in [-0.25, -0.2) is 4.79 Å². The topological polar surface area (TPSA) is 98.7 Å². The molecule has 2 fully saturated rings. The largest absolute Gasteiger partial charge is 0.480 e. The number of amides is 1. The van der Waals surface area contributed by atoms with Crippen LogP contribution < -0.4 is 10.6 Å². The Bertz CT molecular complexity index is 377. The van der Waals surface area contributed by atoms with Crippen LogP contribution in [0.25, 0.3) is 0 Å². The van der Waals surface area contributed by atoms with Gasteiger partial charge in [-0.3, -0.25) is 4.79 Å². The third kappa shape index (κ3) is 3.12. The van der Waals surface area contributed by atoms with Gasteiger partial charge in [-0.15, -0.1) is 0 Å². The van der Waals surface area contributed by atoms with Gasteiger partial charge in [0.1, 0.15) is 5.54 Å². The molecule has 20 heavy (non-hydrogen) atoms. The lowest BCUT2D eigenvalue weighted by Gasteiger charge is -2.37. The number of aliphatic hydroxyl groups excluding tert-OH is 1. The first kappa shape index (κ1) is 15.3. The van der Waals surface area contributed by atoms with Crippen molar-refractivity contribution in [1.29, 1.82) is 0 Å². The molecule has 1 heterocycles. The third-order valence-corrected chi connectivity index (χ3v) is 4.73. The minimum Gasteiger partial charge on any atom is -0.480 e. The SMILES string of the molecule is CCC1CCC(NC(=O)C2CC(O)CN2)(C(=O)O)CC1. The van der Waals surface area contributed by atoms with E-state index in [2.05, 4.69) is 17.6 Å². The average molecular weight is 284 g/mol. The summed E-state index contributed by atoms with van der Waals surface area (Å²) in [6.45, 7) is 2.50. The van der Waals surface area contributed by atoms with Gasteiger partial charge >= 0.3 is 5.97 Å². The molecule has 1 aliphatic heterocycles. The maximum Gasteiger partial charge on any atom is 0.329 e. The van der Waals surface area contributed by atoms with E-state index in [4.69, 9.17) is 0 Å². The number of carbonyl (C=O) groups excluding carboxylic acids is 1. The second-order valence-corrected chi connectivity index (χ2v) is 6.08. The summed E-state index contributed by atoms with van der Waals surface area (Å²) >= 11 is 0. The van der Waals surface area contributed by atoms with Gasteiger partial charge in [-0.2, -0.15) is 0 Å². The Hall–Kier alpha value is -1.14. The van der Waals surface area contributed by atoms with E-state index in [9.17, 15) is 19.8 Å². The molecule has 4 N–H and O–H groups in total. The van der Waals surface area contributed by atoms with E-state index in [0.29, 0.717) is 31.7 Å². The minimum atomic E-state index is -1.13. The molecule has 0 aromatic heterocycles. The summed E-state index contributed by atoms with van der Waals surface area (Å²) in [5.74, 6) is -0.691. The number of carboxylic acids is 1. The first-order valence-corrected chi connectivity index (χ1v) is 7.43. The van der Waals surface area contributed by atoms with Crippen molar-refractivity contribution in [3.63, 3.8) is 0 Å². The normalized spacial score (nSPS) is 37.6. The number of hydrogen-bond acceptors (Lipinski definition) is 4. The fourth-order valence-electron chi connectivity index (χ4n) is 3.21.